The van der Waals surface area contributed by atoms with E-state index >= 15 is 0 Å². The fraction of sp³-hybridized carbons (Fsp3) is 0.611. The summed E-state index contributed by atoms with van der Waals surface area (Å²) in [7, 11) is 1.27. The molecule has 1 aromatic rings. The molecular weight excluding hydrogens is 370 g/mol. The van der Waals surface area contributed by atoms with Crippen LogP contribution in [0.25, 0.3) is 0 Å². The first-order chi connectivity index (χ1) is 12.5. The molecule has 0 aliphatic rings. The molecule has 27 heavy (non-hydrogen) atoms. The number of alkyl carbamates (subject to hydrolysis) is 1. The number of hydrogen-bond acceptors (Lipinski definition) is 7. The molecular formula is C18H29N3O5S. The number of nitrogen functional groups attached to an aromatic ring is 1. The lowest BCUT2D eigenvalue weighted by atomic mass is 10.1. The van der Waals surface area contributed by atoms with E-state index in [2.05, 4.69) is 10.6 Å². The van der Waals surface area contributed by atoms with Crippen LogP contribution in [0.3, 0.4) is 0 Å². The summed E-state index contributed by atoms with van der Waals surface area (Å²) >= 11 is 1.23. The highest BCUT2D eigenvalue weighted by atomic mass is 32.1. The number of methoxy groups -OCH3 is 1. The lowest BCUT2D eigenvalue weighted by Crippen LogP contribution is -2.41. The number of thiophene rings is 1. The van der Waals surface area contributed by atoms with E-state index in [0.29, 0.717) is 36.4 Å². The molecule has 0 spiro atoms. The van der Waals surface area contributed by atoms with Crippen molar-refractivity contribution in [3.8, 4) is 0 Å². The van der Waals surface area contributed by atoms with Gasteiger partial charge in [-0.3, -0.25) is 4.79 Å². The summed E-state index contributed by atoms with van der Waals surface area (Å²) in [5.41, 5.74) is 6.58. The van der Waals surface area contributed by atoms with Crippen LogP contribution >= 0.6 is 11.3 Å². The number of nitrogens with one attached hydrogen (secondary N) is 2. The molecule has 8 nitrogen and oxygen atoms in total. The molecule has 0 unspecified atom stereocenters. The van der Waals surface area contributed by atoms with E-state index in [0.717, 1.165) is 5.56 Å². The highest BCUT2D eigenvalue weighted by Crippen LogP contribution is 2.24. The Morgan fingerprint density at radius 3 is 2.44 bits per heavy atom. The topological polar surface area (TPSA) is 120 Å². The van der Waals surface area contributed by atoms with Crippen molar-refractivity contribution in [2.24, 2.45) is 0 Å². The zero-order valence-electron chi connectivity index (χ0n) is 16.5. The Bertz CT molecular complexity index is 666. The average Bonchev–Trinajstić information content (AvgIpc) is 2.90. The van der Waals surface area contributed by atoms with E-state index in [1.54, 1.807) is 26.2 Å². The van der Waals surface area contributed by atoms with Gasteiger partial charge in [0, 0.05) is 6.54 Å². The van der Waals surface area contributed by atoms with Crippen LogP contribution < -0.4 is 16.4 Å². The summed E-state index contributed by atoms with van der Waals surface area (Å²) in [5, 5.41) is 7.12. The molecule has 2 amide bonds. The van der Waals surface area contributed by atoms with Gasteiger partial charge in [-0.2, -0.15) is 0 Å². The van der Waals surface area contributed by atoms with Crippen molar-refractivity contribution >= 4 is 35.0 Å². The summed E-state index contributed by atoms with van der Waals surface area (Å²) in [4.78, 5) is 36.3. The van der Waals surface area contributed by atoms with Crippen molar-refractivity contribution in [3.05, 3.63) is 15.8 Å². The molecule has 1 rings (SSSR count). The third kappa shape index (κ3) is 7.86. The molecule has 1 heterocycles. The molecule has 0 aliphatic carbocycles. The third-order valence-corrected chi connectivity index (χ3v) is 4.72. The highest BCUT2D eigenvalue weighted by molar-refractivity contribution is 7.12. The molecule has 0 fully saturated rings. The van der Waals surface area contributed by atoms with Crippen molar-refractivity contribution in [1.29, 1.82) is 0 Å². The SMILES string of the molecule is COC(=O)[C@H](CCCCNC(=O)OC(C)(C)C)NC(=O)c1scc(C)c1N. The van der Waals surface area contributed by atoms with Gasteiger partial charge in [0.1, 0.15) is 16.5 Å². The van der Waals surface area contributed by atoms with Gasteiger partial charge < -0.3 is 25.8 Å². The standard InChI is InChI=1S/C18H29N3O5S/c1-11-10-27-14(13(11)19)15(22)21-12(16(23)25-5)8-6-7-9-20-17(24)26-18(2,3)4/h10,12H,6-9,19H2,1-5H3,(H,20,24)(H,21,22)/t12-/m0/s1. The van der Waals surface area contributed by atoms with E-state index in [-0.39, 0.29) is 0 Å². The number of hydrogen-bond donors (Lipinski definition) is 3. The Labute approximate surface area is 163 Å². The van der Waals surface area contributed by atoms with E-state index in [1.807, 2.05) is 6.92 Å². The minimum absolute atomic E-state index is 0.382. The molecule has 1 aromatic heterocycles. The van der Waals surface area contributed by atoms with Gasteiger partial charge in [-0.05, 0) is 57.9 Å². The Kier molecular flexibility index (Phi) is 8.55. The summed E-state index contributed by atoms with van der Waals surface area (Å²) in [6.07, 6.45) is 1.14. The fourth-order valence-electron chi connectivity index (χ4n) is 2.22. The first kappa shape index (κ1) is 22.8. The number of aryl methyl sites for hydroxylation is 1. The number of rotatable bonds is 8. The van der Waals surface area contributed by atoms with E-state index in [9.17, 15) is 14.4 Å². The second-order valence-electron chi connectivity index (χ2n) is 7.14. The number of esters is 1. The normalized spacial score (nSPS) is 12.2. The maximum absolute atomic E-state index is 12.4. The predicted octanol–water partition coefficient (Wildman–Crippen LogP) is 2.61. The van der Waals surface area contributed by atoms with Gasteiger partial charge in [0.2, 0.25) is 0 Å². The smallest absolute Gasteiger partial charge is 0.407 e. The van der Waals surface area contributed by atoms with Gasteiger partial charge in [-0.15, -0.1) is 11.3 Å². The maximum Gasteiger partial charge on any atom is 0.407 e. The van der Waals surface area contributed by atoms with Crippen LogP contribution in [0.15, 0.2) is 5.38 Å². The van der Waals surface area contributed by atoms with Crippen LogP contribution in [-0.4, -0.2) is 43.3 Å². The number of unbranched alkanes of at least 4 members (excludes halogenated alkanes) is 1. The highest BCUT2D eigenvalue weighted by Gasteiger charge is 2.24. The minimum Gasteiger partial charge on any atom is -0.467 e. The van der Waals surface area contributed by atoms with Crippen molar-refractivity contribution < 1.29 is 23.9 Å². The molecule has 0 saturated heterocycles. The van der Waals surface area contributed by atoms with Crippen LogP contribution in [0.1, 0.15) is 55.3 Å². The van der Waals surface area contributed by atoms with Gasteiger partial charge in [-0.1, -0.05) is 0 Å². The Hall–Kier alpha value is -2.29. The van der Waals surface area contributed by atoms with Gasteiger partial charge in [-0.25, -0.2) is 9.59 Å². The number of amides is 2. The van der Waals surface area contributed by atoms with Gasteiger partial charge >= 0.3 is 12.1 Å². The fourth-order valence-corrected chi connectivity index (χ4v) is 3.10. The first-order valence-electron chi connectivity index (χ1n) is 8.74. The van der Waals surface area contributed by atoms with E-state index in [4.69, 9.17) is 15.2 Å². The number of nitrogens with two attached hydrogens (primary N) is 1. The van der Waals surface area contributed by atoms with Crippen molar-refractivity contribution in [1.82, 2.24) is 10.6 Å². The number of carbonyl (C=O) groups excluding carboxylic acids is 3. The second-order valence-corrected chi connectivity index (χ2v) is 8.01. The molecule has 4 N–H and O–H groups in total. The van der Waals surface area contributed by atoms with Gasteiger partial charge in [0.05, 0.1) is 12.8 Å². The van der Waals surface area contributed by atoms with Gasteiger partial charge in [0.25, 0.3) is 5.91 Å². The lowest BCUT2D eigenvalue weighted by molar-refractivity contribution is -0.143. The largest absolute Gasteiger partial charge is 0.467 e. The minimum atomic E-state index is -0.772. The first-order valence-corrected chi connectivity index (χ1v) is 9.62. The molecule has 0 aliphatic heterocycles. The molecule has 152 valence electrons. The van der Waals surface area contributed by atoms with Crippen LogP contribution in [0.4, 0.5) is 10.5 Å². The Morgan fingerprint density at radius 2 is 1.93 bits per heavy atom. The van der Waals surface area contributed by atoms with Crippen LogP contribution in [0, 0.1) is 6.92 Å². The van der Waals surface area contributed by atoms with E-state index < -0.39 is 29.6 Å². The maximum atomic E-state index is 12.4. The molecule has 0 aromatic carbocycles. The zero-order chi connectivity index (χ0) is 20.6. The monoisotopic (exact) mass is 399 g/mol. The summed E-state index contributed by atoms with van der Waals surface area (Å²) in [5.74, 6) is -0.914. The van der Waals surface area contributed by atoms with Crippen molar-refractivity contribution in [2.75, 3.05) is 19.4 Å². The van der Waals surface area contributed by atoms with E-state index in [1.165, 1.54) is 18.4 Å². The van der Waals surface area contributed by atoms with Crippen molar-refractivity contribution in [3.63, 3.8) is 0 Å². The quantitative estimate of drug-likeness (QED) is 0.456. The molecule has 0 bridgehead atoms. The van der Waals surface area contributed by atoms with Gasteiger partial charge in [0.15, 0.2) is 0 Å². The van der Waals surface area contributed by atoms with Crippen LogP contribution in [0.2, 0.25) is 0 Å². The molecule has 9 heteroatoms. The summed E-state index contributed by atoms with van der Waals surface area (Å²) in [6, 6.07) is -0.772. The third-order valence-electron chi connectivity index (χ3n) is 3.61. The Balaban J connectivity index is 2.47. The number of ether oxygens (including phenoxy) is 2. The number of carbonyl (C=O) groups is 3. The Morgan fingerprint density at radius 1 is 1.26 bits per heavy atom. The lowest BCUT2D eigenvalue weighted by Gasteiger charge is -2.20. The van der Waals surface area contributed by atoms with Crippen LogP contribution in [0.5, 0.6) is 0 Å². The summed E-state index contributed by atoms with van der Waals surface area (Å²) < 4.78 is 9.91. The second kappa shape index (κ2) is 10.1. The molecule has 0 saturated carbocycles. The molecule has 0 radical (unpaired) electrons. The van der Waals surface area contributed by atoms with Crippen molar-refractivity contribution in [2.45, 2.75) is 58.6 Å². The molecule has 1 atom stereocenters. The van der Waals surface area contributed by atoms with Crippen LogP contribution in [-0.2, 0) is 14.3 Å². The number of anilines is 1. The average molecular weight is 400 g/mol. The summed E-state index contributed by atoms with van der Waals surface area (Å²) in [6.45, 7) is 7.60. The zero-order valence-corrected chi connectivity index (χ0v) is 17.3. The predicted molar refractivity (Wildman–Crippen MR) is 105 cm³/mol.